The molecule has 0 saturated heterocycles. The zero-order valence-corrected chi connectivity index (χ0v) is 45.6. The molecule has 17 nitrogen and oxygen atoms in total. The number of benzene rings is 4. The number of Topliss-reactive ketones (excluding diaryl/α,β-unsaturated/α-hetero) is 2. The van der Waals surface area contributed by atoms with Crippen molar-refractivity contribution in [3.05, 3.63) is 188 Å². The zero-order chi connectivity index (χ0) is 56.7. The van der Waals surface area contributed by atoms with E-state index in [0.29, 0.717) is 50.9 Å². The van der Waals surface area contributed by atoms with Crippen molar-refractivity contribution in [1.82, 2.24) is 4.90 Å². The predicted octanol–water partition coefficient (Wildman–Crippen LogP) is 10.9. The number of ether oxygens (including phenoxy) is 4. The summed E-state index contributed by atoms with van der Waals surface area (Å²) in [5, 5.41) is 20.7. The Hall–Kier alpha value is -9.64. The van der Waals surface area contributed by atoms with E-state index in [4.69, 9.17) is 23.9 Å². The van der Waals surface area contributed by atoms with Crippen molar-refractivity contribution in [2.24, 2.45) is 15.9 Å². The van der Waals surface area contributed by atoms with Gasteiger partial charge in [-0.25, -0.2) is 14.8 Å². The highest BCUT2D eigenvalue weighted by molar-refractivity contribution is 7.45. The minimum atomic E-state index is -2.59. The monoisotopic (exact) mass is 1150 g/mol. The largest absolute Gasteiger partial charge is 0.460 e. The van der Waals surface area contributed by atoms with Gasteiger partial charge >= 0.3 is 24.0 Å². The Kier molecular flexibility index (Phi) is 14.4. The van der Waals surface area contributed by atoms with Crippen LogP contribution in [0.15, 0.2) is 165 Å². The number of nitriles is 2. The molecule has 398 valence electrons. The van der Waals surface area contributed by atoms with Gasteiger partial charge in [0.05, 0.1) is 29.2 Å². The molecule has 81 heavy (non-hydrogen) atoms. The van der Waals surface area contributed by atoms with Crippen LogP contribution in [-0.4, -0.2) is 63.7 Å². The molecule has 3 aliphatic rings. The van der Waals surface area contributed by atoms with E-state index in [0.717, 1.165) is 9.40 Å². The third-order valence-corrected chi connectivity index (χ3v) is 18.7. The maximum atomic E-state index is 15.5. The molecule has 5 heterocycles. The van der Waals surface area contributed by atoms with E-state index in [1.54, 1.807) is 133 Å². The minimum Gasteiger partial charge on any atom is -0.460 e. The average Bonchev–Trinajstić information content (AvgIpc) is 2.73. The lowest BCUT2D eigenvalue weighted by atomic mass is 9.81. The van der Waals surface area contributed by atoms with Gasteiger partial charge in [0, 0.05) is 20.7 Å². The summed E-state index contributed by atoms with van der Waals surface area (Å²) >= 11 is 5.01. The molecule has 1 atom stereocenters. The molecule has 1 unspecified atom stereocenters. The summed E-state index contributed by atoms with van der Waals surface area (Å²) in [7, 11) is 0. The smallest absolute Gasteiger partial charge is 0.424 e. The molecule has 1 aliphatic heterocycles. The van der Waals surface area contributed by atoms with Crippen LogP contribution in [0, 0.1) is 28.6 Å². The minimum absolute atomic E-state index is 0.00184. The van der Waals surface area contributed by atoms with Crippen molar-refractivity contribution in [1.29, 1.82) is 10.5 Å². The number of fused-ring (bicyclic) bond motifs is 7. The van der Waals surface area contributed by atoms with Gasteiger partial charge in [-0.1, -0.05) is 121 Å². The van der Waals surface area contributed by atoms with Crippen molar-refractivity contribution in [2.75, 3.05) is 0 Å². The van der Waals surface area contributed by atoms with Crippen LogP contribution in [0.3, 0.4) is 0 Å². The summed E-state index contributed by atoms with van der Waals surface area (Å²) in [4.78, 5) is 124. The first kappa shape index (κ1) is 53.4. The fourth-order valence-corrected chi connectivity index (χ4v) is 15.2. The molecule has 3 amide bonds. The molecule has 8 aromatic rings. The highest BCUT2D eigenvalue weighted by atomic mass is 32.1. The molecule has 0 fully saturated rings. The van der Waals surface area contributed by atoms with E-state index < -0.39 is 75.6 Å². The van der Waals surface area contributed by atoms with Gasteiger partial charge < -0.3 is 18.9 Å². The zero-order valence-electron chi connectivity index (χ0n) is 42.4. The SMILES string of the molecule is CC1=C(C#N)C(=O)C(C(=O)OCc2ccccc2)C(=O)C1=Nc1cc2sc3c4sc5c(c4sc3c2s1)C(C(=O)OCc1ccccc1)(C(=O)OCc1ccccc1)C(N=C1C(=O)N(C(=O)OCc2ccccc2)C(=O)C(C#N)=C1C)=C5. The molecule has 0 saturated carbocycles. The fourth-order valence-electron chi connectivity index (χ4n) is 9.41. The number of hydrogen-bond donors (Lipinski definition) is 0. The molecule has 0 radical (unpaired) electrons. The van der Waals surface area contributed by atoms with Crippen molar-refractivity contribution in [3.63, 3.8) is 0 Å². The number of carbonyl (C=O) groups excluding carboxylic acids is 8. The second-order valence-corrected chi connectivity index (χ2v) is 22.6. The number of hydrogen-bond acceptors (Lipinski definition) is 20. The van der Waals surface area contributed by atoms with Gasteiger partial charge in [-0.15, -0.1) is 45.3 Å². The van der Waals surface area contributed by atoms with Crippen LogP contribution in [0.5, 0.6) is 0 Å². The van der Waals surface area contributed by atoms with Gasteiger partial charge in [-0.3, -0.25) is 33.6 Å². The van der Waals surface area contributed by atoms with Crippen molar-refractivity contribution in [3.8, 4) is 12.1 Å². The third kappa shape index (κ3) is 9.47. The van der Waals surface area contributed by atoms with Gasteiger partial charge in [0.1, 0.15) is 66.1 Å². The van der Waals surface area contributed by atoms with Gasteiger partial charge in [-0.05, 0) is 53.8 Å². The second-order valence-electron chi connectivity index (χ2n) is 18.4. The first-order valence-electron chi connectivity index (χ1n) is 24.6. The summed E-state index contributed by atoms with van der Waals surface area (Å²) in [5.74, 6) is -9.77. The van der Waals surface area contributed by atoms with Gasteiger partial charge in [0.25, 0.3) is 11.8 Å². The Morgan fingerprint density at radius 3 is 1.59 bits per heavy atom. The quantitative estimate of drug-likeness (QED) is 0.0451. The lowest BCUT2D eigenvalue weighted by molar-refractivity contribution is -0.165. The Balaban J connectivity index is 1.03. The average molecular weight is 1150 g/mol. The topological polar surface area (TPSA) is 249 Å². The Bertz CT molecular complexity index is 4230. The normalized spacial score (nSPS) is 17.0. The number of thiophene rings is 4. The summed E-state index contributed by atoms with van der Waals surface area (Å²) in [6, 6.07) is 39.9. The first-order valence-corrected chi connectivity index (χ1v) is 27.8. The maximum Gasteiger partial charge on any atom is 0.424 e. The molecule has 4 aromatic carbocycles. The standard InChI is InChI=1S/C60H37N5O12S4/c1-31-37(25-61)47(66)43(56(70)74-27-33-15-7-3-8-16-33)48(67)45(31)64-42-24-40-49(80-42)51-53(79-40)52-50(81-51)44-39(78-52)23-41(60(44,57(71)75-28-34-17-9-4-10-18-34)58(72)76-29-35-19-11-5-12-20-35)63-46-32(2)38(26-62)54(68)65(55(46)69)59(73)77-30-36-21-13-6-14-22-36/h3-24,43H,27-30H2,1-2H3. The van der Waals surface area contributed by atoms with Crippen LogP contribution in [0.2, 0.25) is 0 Å². The summed E-state index contributed by atoms with van der Waals surface area (Å²) in [5.41, 5.74) is -2.64. The Morgan fingerprint density at radius 1 is 0.556 bits per heavy atom. The molecular weight excluding hydrogens is 1110 g/mol. The van der Waals surface area contributed by atoms with Crippen LogP contribution in [0.1, 0.15) is 46.5 Å². The van der Waals surface area contributed by atoms with Crippen molar-refractivity contribution < 1.29 is 57.3 Å². The molecule has 0 spiro atoms. The third-order valence-electron chi connectivity index (χ3n) is 13.5. The number of aliphatic imine (C=N–C) groups is 2. The van der Waals surface area contributed by atoms with Gasteiger partial charge in [-0.2, -0.15) is 15.4 Å². The number of ketones is 2. The first-order chi connectivity index (χ1) is 39.2. The van der Waals surface area contributed by atoms with Gasteiger partial charge in [0.15, 0.2) is 11.7 Å². The molecule has 2 aliphatic carbocycles. The van der Waals surface area contributed by atoms with E-state index in [1.165, 1.54) is 65.3 Å². The van der Waals surface area contributed by atoms with Crippen LogP contribution in [0.25, 0.3) is 34.3 Å². The van der Waals surface area contributed by atoms with E-state index in [1.807, 2.05) is 6.07 Å². The van der Waals surface area contributed by atoms with E-state index in [9.17, 15) is 39.3 Å². The van der Waals surface area contributed by atoms with Crippen molar-refractivity contribution >= 4 is 143 Å². The van der Waals surface area contributed by atoms with E-state index in [2.05, 4.69) is 4.99 Å². The second kappa shape index (κ2) is 21.9. The Morgan fingerprint density at radius 2 is 1.05 bits per heavy atom. The molecule has 0 bridgehead atoms. The highest BCUT2D eigenvalue weighted by Gasteiger charge is 2.61. The molecular formula is C60H37N5O12S4. The summed E-state index contributed by atoms with van der Waals surface area (Å²) in [6.07, 6.45) is 0.0566. The van der Waals surface area contributed by atoms with E-state index >= 15 is 9.59 Å². The number of nitrogens with zero attached hydrogens (tertiary/aromatic N) is 5. The highest BCUT2D eigenvalue weighted by Crippen LogP contribution is 2.58. The number of amides is 3. The number of carbonyl (C=O) groups is 8. The van der Waals surface area contributed by atoms with Crippen molar-refractivity contribution in [2.45, 2.75) is 45.7 Å². The van der Waals surface area contributed by atoms with E-state index in [-0.39, 0.29) is 59.4 Å². The number of esters is 3. The number of rotatable bonds is 13. The lowest BCUT2D eigenvalue weighted by Crippen LogP contribution is -2.51. The van der Waals surface area contributed by atoms with Crippen LogP contribution >= 0.6 is 45.3 Å². The molecule has 0 N–H and O–H groups in total. The predicted molar refractivity (Wildman–Crippen MR) is 302 cm³/mol. The van der Waals surface area contributed by atoms with Crippen LogP contribution in [-0.2, 0) is 84.4 Å². The van der Waals surface area contributed by atoms with Crippen LogP contribution < -0.4 is 0 Å². The van der Waals surface area contributed by atoms with Crippen LogP contribution in [0.4, 0.5) is 9.80 Å². The van der Waals surface area contributed by atoms with Gasteiger partial charge in [0.2, 0.25) is 11.2 Å². The number of imide groups is 3. The Labute approximate surface area is 475 Å². The molecule has 21 heteroatoms. The summed E-state index contributed by atoms with van der Waals surface area (Å²) < 4.78 is 27.0. The fraction of sp³-hybridized carbons (Fsp3) is 0.133. The molecule has 11 rings (SSSR count). The lowest BCUT2D eigenvalue weighted by Gasteiger charge is -2.29. The maximum absolute atomic E-state index is 15.5. The number of allylic oxidation sites excluding steroid dienone is 2. The molecule has 4 aromatic heterocycles. The summed E-state index contributed by atoms with van der Waals surface area (Å²) in [6.45, 7) is 1.52.